The molecule has 0 spiro atoms. The van der Waals surface area contributed by atoms with Crippen molar-refractivity contribution >= 4 is 22.4 Å². The third-order valence-electron chi connectivity index (χ3n) is 4.47. The minimum atomic E-state index is 0.626. The summed E-state index contributed by atoms with van der Waals surface area (Å²) < 4.78 is 0. The topological polar surface area (TPSA) is 64.8 Å². The molecule has 0 amide bonds. The highest BCUT2D eigenvalue weighted by atomic mass is 15.2. The lowest BCUT2D eigenvalue weighted by Crippen LogP contribution is -2.20. The number of nitrogens with one attached hydrogen (secondary N) is 1. The second-order valence-corrected chi connectivity index (χ2v) is 6.31. The summed E-state index contributed by atoms with van der Waals surface area (Å²) in [6, 6.07) is 17.6. The van der Waals surface area contributed by atoms with Crippen molar-refractivity contribution < 1.29 is 0 Å². The predicted octanol–water partition coefficient (Wildman–Crippen LogP) is 3.84. The van der Waals surface area contributed by atoms with Gasteiger partial charge in [0.15, 0.2) is 0 Å². The molecule has 4 rings (SSSR count). The van der Waals surface area contributed by atoms with Crippen LogP contribution in [0.25, 0.3) is 10.9 Å². The third-order valence-corrected chi connectivity index (χ3v) is 4.47. The summed E-state index contributed by atoms with van der Waals surface area (Å²) in [6.45, 7) is 3.00. The predicted molar refractivity (Wildman–Crippen MR) is 98.5 cm³/mol. The molecule has 2 aromatic carbocycles. The minimum absolute atomic E-state index is 0.626. The first-order chi connectivity index (χ1) is 12.3. The summed E-state index contributed by atoms with van der Waals surface area (Å²) in [5.74, 6) is 1.62. The molecule has 2 heterocycles. The Morgan fingerprint density at radius 1 is 1.04 bits per heavy atom. The average molecular weight is 329 g/mol. The van der Waals surface area contributed by atoms with Crippen LogP contribution < -0.4 is 5.32 Å². The van der Waals surface area contributed by atoms with Crippen LogP contribution in [0.5, 0.6) is 0 Å². The van der Waals surface area contributed by atoms with E-state index in [1.165, 1.54) is 12.8 Å². The summed E-state index contributed by atoms with van der Waals surface area (Å²) in [5, 5.41) is 13.4. The highest BCUT2D eigenvalue weighted by Gasteiger charge is 2.15. The van der Waals surface area contributed by atoms with E-state index in [1.54, 1.807) is 6.07 Å². The van der Waals surface area contributed by atoms with Crippen LogP contribution in [0, 0.1) is 11.3 Å². The molecule has 0 radical (unpaired) electrons. The first-order valence-corrected chi connectivity index (χ1v) is 8.57. The molecule has 0 bridgehead atoms. The molecule has 0 saturated carbocycles. The van der Waals surface area contributed by atoms with Gasteiger partial charge in [0.1, 0.15) is 11.6 Å². The molecule has 1 aromatic heterocycles. The molecule has 3 aromatic rings. The lowest BCUT2D eigenvalue weighted by Gasteiger charge is -2.15. The first-order valence-electron chi connectivity index (χ1n) is 8.57. The number of nitrogens with zero attached hydrogens (tertiary/aromatic N) is 4. The number of para-hydroxylation sites is 1. The number of anilines is 2. The van der Waals surface area contributed by atoms with Gasteiger partial charge in [-0.15, -0.1) is 0 Å². The summed E-state index contributed by atoms with van der Waals surface area (Å²) in [7, 11) is 0. The van der Waals surface area contributed by atoms with Gasteiger partial charge in [0.2, 0.25) is 0 Å². The lowest BCUT2D eigenvalue weighted by molar-refractivity contribution is 0.323. The van der Waals surface area contributed by atoms with E-state index in [1.807, 2.05) is 42.5 Å². The Morgan fingerprint density at radius 2 is 1.88 bits per heavy atom. The van der Waals surface area contributed by atoms with E-state index in [0.29, 0.717) is 5.56 Å². The van der Waals surface area contributed by atoms with Crippen LogP contribution in [-0.4, -0.2) is 28.0 Å². The standard InChI is InChI=1S/C20H19N5/c21-13-15-6-5-7-16(12-15)22-20-17-8-1-2-9-18(17)23-19(24-20)14-25-10-3-4-11-25/h1-2,5-9,12H,3-4,10-11,14H2,(H,22,23,24). The molecule has 25 heavy (non-hydrogen) atoms. The van der Waals surface area contributed by atoms with Gasteiger partial charge < -0.3 is 5.32 Å². The van der Waals surface area contributed by atoms with Crippen LogP contribution in [0.2, 0.25) is 0 Å². The molecule has 124 valence electrons. The van der Waals surface area contributed by atoms with Crippen LogP contribution in [0.15, 0.2) is 48.5 Å². The average Bonchev–Trinajstić information content (AvgIpc) is 3.15. The van der Waals surface area contributed by atoms with Gasteiger partial charge in [-0.2, -0.15) is 5.26 Å². The molecular weight excluding hydrogens is 310 g/mol. The van der Waals surface area contributed by atoms with Gasteiger partial charge in [-0.25, -0.2) is 9.97 Å². The fourth-order valence-corrected chi connectivity index (χ4v) is 3.23. The second kappa shape index (κ2) is 6.88. The monoisotopic (exact) mass is 329 g/mol. The van der Waals surface area contributed by atoms with Crippen molar-refractivity contribution in [1.29, 1.82) is 5.26 Å². The first kappa shape index (κ1) is 15.6. The summed E-state index contributed by atoms with van der Waals surface area (Å²) in [5.41, 5.74) is 2.42. The van der Waals surface area contributed by atoms with E-state index in [4.69, 9.17) is 15.2 Å². The zero-order valence-electron chi connectivity index (χ0n) is 13.9. The van der Waals surface area contributed by atoms with E-state index in [2.05, 4.69) is 16.3 Å². The number of benzene rings is 2. The smallest absolute Gasteiger partial charge is 0.145 e. The molecule has 0 atom stereocenters. The number of aromatic nitrogens is 2. The maximum Gasteiger partial charge on any atom is 0.145 e. The Labute approximate surface area is 146 Å². The molecule has 1 saturated heterocycles. The quantitative estimate of drug-likeness (QED) is 0.788. The number of rotatable bonds is 4. The second-order valence-electron chi connectivity index (χ2n) is 6.31. The van der Waals surface area contributed by atoms with Gasteiger partial charge in [0.05, 0.1) is 23.7 Å². The Kier molecular flexibility index (Phi) is 4.28. The molecule has 0 unspecified atom stereocenters. The van der Waals surface area contributed by atoms with Crippen LogP contribution in [0.1, 0.15) is 24.2 Å². The molecule has 5 nitrogen and oxygen atoms in total. The van der Waals surface area contributed by atoms with Crippen molar-refractivity contribution in [3.63, 3.8) is 0 Å². The molecule has 1 fully saturated rings. The Morgan fingerprint density at radius 3 is 2.72 bits per heavy atom. The van der Waals surface area contributed by atoms with Gasteiger partial charge in [0, 0.05) is 11.1 Å². The SMILES string of the molecule is N#Cc1cccc(Nc2nc(CN3CCCC3)nc3ccccc23)c1. The molecule has 1 N–H and O–H groups in total. The van der Waals surface area contributed by atoms with Crippen molar-refractivity contribution in [2.75, 3.05) is 18.4 Å². The largest absolute Gasteiger partial charge is 0.340 e. The minimum Gasteiger partial charge on any atom is -0.340 e. The van der Waals surface area contributed by atoms with Crippen molar-refractivity contribution in [1.82, 2.24) is 14.9 Å². The molecule has 1 aliphatic heterocycles. The van der Waals surface area contributed by atoms with Crippen molar-refractivity contribution in [3.05, 3.63) is 59.9 Å². The van der Waals surface area contributed by atoms with Crippen molar-refractivity contribution in [3.8, 4) is 6.07 Å². The fourth-order valence-electron chi connectivity index (χ4n) is 3.23. The van der Waals surface area contributed by atoms with Gasteiger partial charge in [0.25, 0.3) is 0 Å². The maximum absolute atomic E-state index is 9.09. The van der Waals surface area contributed by atoms with E-state index in [0.717, 1.165) is 47.9 Å². The lowest BCUT2D eigenvalue weighted by atomic mass is 10.2. The van der Waals surface area contributed by atoms with E-state index in [9.17, 15) is 0 Å². The van der Waals surface area contributed by atoms with Gasteiger partial charge >= 0.3 is 0 Å². The number of likely N-dealkylation sites (tertiary alicyclic amines) is 1. The van der Waals surface area contributed by atoms with Crippen molar-refractivity contribution in [2.45, 2.75) is 19.4 Å². The van der Waals surface area contributed by atoms with Gasteiger partial charge in [-0.05, 0) is 56.3 Å². The zero-order chi connectivity index (χ0) is 17.1. The summed E-state index contributed by atoms with van der Waals surface area (Å²) in [4.78, 5) is 11.9. The third kappa shape index (κ3) is 3.44. The normalized spacial score (nSPS) is 14.5. The number of fused-ring (bicyclic) bond motifs is 1. The Hall–Kier alpha value is -2.97. The number of nitriles is 1. The van der Waals surface area contributed by atoms with Crippen LogP contribution >= 0.6 is 0 Å². The van der Waals surface area contributed by atoms with Gasteiger partial charge in [-0.1, -0.05) is 18.2 Å². The molecule has 0 aliphatic carbocycles. The highest BCUT2D eigenvalue weighted by Crippen LogP contribution is 2.25. The van der Waals surface area contributed by atoms with Crippen molar-refractivity contribution in [2.24, 2.45) is 0 Å². The number of hydrogen-bond donors (Lipinski definition) is 1. The molecule has 1 aliphatic rings. The van der Waals surface area contributed by atoms with Crippen LogP contribution in [0.3, 0.4) is 0 Å². The zero-order valence-corrected chi connectivity index (χ0v) is 13.9. The molecule has 5 heteroatoms. The number of hydrogen-bond acceptors (Lipinski definition) is 5. The summed E-state index contributed by atoms with van der Waals surface area (Å²) >= 11 is 0. The maximum atomic E-state index is 9.09. The Bertz CT molecular complexity index is 938. The molecular formula is C20H19N5. The fraction of sp³-hybridized carbons (Fsp3) is 0.250. The van der Waals surface area contributed by atoms with E-state index >= 15 is 0 Å². The highest BCUT2D eigenvalue weighted by molar-refractivity contribution is 5.90. The van der Waals surface area contributed by atoms with Crippen LogP contribution in [-0.2, 0) is 6.54 Å². The van der Waals surface area contributed by atoms with E-state index < -0.39 is 0 Å². The van der Waals surface area contributed by atoms with E-state index in [-0.39, 0.29) is 0 Å². The van der Waals surface area contributed by atoms with Crippen LogP contribution in [0.4, 0.5) is 11.5 Å². The summed E-state index contributed by atoms with van der Waals surface area (Å²) in [6.07, 6.45) is 2.50. The van der Waals surface area contributed by atoms with Gasteiger partial charge in [-0.3, -0.25) is 4.90 Å². The Balaban J connectivity index is 1.71.